The molecule has 3 atom stereocenters. The summed E-state index contributed by atoms with van der Waals surface area (Å²) in [6.07, 6.45) is 6.08. The standard InChI is InChI=1S/C19H27BrO2S/c1-3-8-21-16-10-14-13-6-5-7-18(13)23-19(12-20)15(14)11-17(16)22-9-4-2/h10-11,13,18-19H,3-9,12H2,1-2H3. The van der Waals surface area contributed by atoms with Crippen LogP contribution >= 0.6 is 27.7 Å². The zero-order valence-corrected chi connectivity index (χ0v) is 16.5. The molecule has 2 aliphatic rings. The predicted molar refractivity (Wildman–Crippen MR) is 103 cm³/mol. The maximum atomic E-state index is 6.02. The van der Waals surface area contributed by atoms with Crippen molar-refractivity contribution in [1.29, 1.82) is 0 Å². The summed E-state index contributed by atoms with van der Waals surface area (Å²) in [5.41, 5.74) is 2.98. The Morgan fingerprint density at radius 3 is 2.30 bits per heavy atom. The number of thioether (sulfide) groups is 1. The zero-order chi connectivity index (χ0) is 16.2. The zero-order valence-electron chi connectivity index (χ0n) is 14.1. The van der Waals surface area contributed by atoms with Crippen molar-refractivity contribution in [2.45, 2.75) is 62.4 Å². The first-order chi connectivity index (χ1) is 11.3. The van der Waals surface area contributed by atoms with Gasteiger partial charge in [0.1, 0.15) is 0 Å². The quantitative estimate of drug-likeness (QED) is 0.518. The van der Waals surface area contributed by atoms with Gasteiger partial charge in [0.2, 0.25) is 0 Å². The second-order valence-corrected chi connectivity index (χ2v) is 8.57. The van der Waals surface area contributed by atoms with E-state index in [1.165, 1.54) is 30.4 Å². The minimum atomic E-state index is 0.536. The first-order valence-corrected chi connectivity index (χ1v) is 11.0. The number of rotatable bonds is 7. The van der Waals surface area contributed by atoms with Gasteiger partial charge in [-0.05, 0) is 54.9 Å². The van der Waals surface area contributed by atoms with E-state index < -0.39 is 0 Å². The van der Waals surface area contributed by atoms with Crippen LogP contribution in [0.5, 0.6) is 11.5 Å². The number of benzene rings is 1. The molecule has 1 aromatic rings. The molecule has 3 rings (SSSR count). The summed E-state index contributed by atoms with van der Waals surface area (Å²) in [7, 11) is 0. The van der Waals surface area contributed by atoms with Crippen LogP contribution in [0.25, 0.3) is 0 Å². The highest BCUT2D eigenvalue weighted by atomic mass is 79.9. The van der Waals surface area contributed by atoms with Gasteiger partial charge in [-0.15, -0.1) is 11.8 Å². The molecule has 0 N–H and O–H groups in total. The summed E-state index contributed by atoms with van der Waals surface area (Å²) in [5.74, 6) is 2.58. The number of fused-ring (bicyclic) bond motifs is 3. The molecule has 0 bridgehead atoms. The Hall–Kier alpha value is -0.350. The lowest BCUT2D eigenvalue weighted by Gasteiger charge is -2.34. The third-order valence-corrected chi connectivity index (χ3v) is 7.49. The van der Waals surface area contributed by atoms with Crippen molar-refractivity contribution >= 4 is 27.7 Å². The molecule has 23 heavy (non-hydrogen) atoms. The number of hydrogen-bond acceptors (Lipinski definition) is 3. The molecule has 1 saturated carbocycles. The molecule has 128 valence electrons. The second-order valence-electron chi connectivity index (χ2n) is 6.48. The van der Waals surface area contributed by atoms with Crippen molar-refractivity contribution in [1.82, 2.24) is 0 Å². The van der Waals surface area contributed by atoms with E-state index in [0.29, 0.717) is 11.2 Å². The van der Waals surface area contributed by atoms with Crippen LogP contribution in [0.4, 0.5) is 0 Å². The fraction of sp³-hybridized carbons (Fsp3) is 0.684. The Bertz CT molecular complexity index is 534. The number of ether oxygens (including phenoxy) is 2. The van der Waals surface area contributed by atoms with E-state index in [9.17, 15) is 0 Å². The number of alkyl halides is 1. The summed E-state index contributed by atoms with van der Waals surface area (Å²) in [6.45, 7) is 5.80. The first-order valence-electron chi connectivity index (χ1n) is 8.93. The molecule has 0 radical (unpaired) electrons. The third kappa shape index (κ3) is 3.68. The van der Waals surface area contributed by atoms with E-state index in [4.69, 9.17) is 9.47 Å². The molecule has 0 amide bonds. The van der Waals surface area contributed by atoms with Gasteiger partial charge in [-0.2, -0.15) is 0 Å². The maximum absolute atomic E-state index is 6.02. The molecule has 1 aliphatic heterocycles. The second kappa shape index (κ2) is 8.15. The van der Waals surface area contributed by atoms with Gasteiger partial charge in [-0.25, -0.2) is 0 Å². The SMILES string of the molecule is CCCOc1cc2c(cc1OCCC)C1CCCC1SC2CBr. The number of halogens is 1. The van der Waals surface area contributed by atoms with Crippen LogP contribution in [0.2, 0.25) is 0 Å². The molecule has 1 aliphatic carbocycles. The van der Waals surface area contributed by atoms with Crippen molar-refractivity contribution in [3.8, 4) is 11.5 Å². The minimum Gasteiger partial charge on any atom is -0.490 e. The highest BCUT2D eigenvalue weighted by Crippen LogP contribution is 2.55. The van der Waals surface area contributed by atoms with Crippen molar-refractivity contribution < 1.29 is 9.47 Å². The minimum absolute atomic E-state index is 0.536. The van der Waals surface area contributed by atoms with Gasteiger partial charge >= 0.3 is 0 Å². The van der Waals surface area contributed by atoms with Crippen molar-refractivity contribution in [3.63, 3.8) is 0 Å². The summed E-state index contributed by atoms with van der Waals surface area (Å²) in [4.78, 5) is 0. The average Bonchev–Trinajstić information content (AvgIpc) is 3.05. The van der Waals surface area contributed by atoms with Crippen LogP contribution in [-0.4, -0.2) is 23.8 Å². The molecule has 1 heterocycles. The van der Waals surface area contributed by atoms with Crippen LogP contribution in [0.1, 0.15) is 68.2 Å². The van der Waals surface area contributed by atoms with E-state index in [-0.39, 0.29) is 0 Å². The fourth-order valence-electron chi connectivity index (χ4n) is 3.69. The Kier molecular flexibility index (Phi) is 6.19. The van der Waals surface area contributed by atoms with Crippen LogP contribution in [0.15, 0.2) is 12.1 Å². The van der Waals surface area contributed by atoms with Crippen molar-refractivity contribution in [3.05, 3.63) is 23.3 Å². The first kappa shape index (κ1) is 17.5. The lowest BCUT2D eigenvalue weighted by atomic mass is 9.90. The molecule has 0 spiro atoms. The summed E-state index contributed by atoms with van der Waals surface area (Å²) >= 11 is 5.88. The summed E-state index contributed by atoms with van der Waals surface area (Å²) in [6, 6.07) is 4.57. The fourth-order valence-corrected chi connectivity index (χ4v) is 6.12. The highest BCUT2D eigenvalue weighted by Gasteiger charge is 2.38. The van der Waals surface area contributed by atoms with E-state index >= 15 is 0 Å². The lowest BCUT2D eigenvalue weighted by molar-refractivity contribution is 0.267. The van der Waals surface area contributed by atoms with Gasteiger partial charge in [0.25, 0.3) is 0 Å². The number of hydrogen-bond donors (Lipinski definition) is 0. The smallest absolute Gasteiger partial charge is 0.161 e. The third-order valence-electron chi connectivity index (χ3n) is 4.75. The van der Waals surface area contributed by atoms with Gasteiger partial charge in [0.15, 0.2) is 11.5 Å². The molecule has 0 aromatic heterocycles. The molecule has 4 heteroatoms. The molecular formula is C19H27BrO2S. The molecule has 2 nitrogen and oxygen atoms in total. The van der Waals surface area contributed by atoms with E-state index in [2.05, 4.69) is 53.7 Å². The Labute approximate surface area is 152 Å². The van der Waals surface area contributed by atoms with Gasteiger partial charge in [0, 0.05) is 15.8 Å². The van der Waals surface area contributed by atoms with Crippen molar-refractivity contribution in [2.24, 2.45) is 0 Å². The maximum Gasteiger partial charge on any atom is 0.161 e. The Morgan fingerprint density at radius 2 is 1.70 bits per heavy atom. The van der Waals surface area contributed by atoms with Gasteiger partial charge in [-0.1, -0.05) is 36.2 Å². The summed E-state index contributed by atoms with van der Waals surface area (Å²) < 4.78 is 12.0. The molecule has 1 aromatic carbocycles. The molecule has 0 saturated heterocycles. The van der Waals surface area contributed by atoms with Gasteiger partial charge < -0.3 is 9.47 Å². The molecule has 1 fully saturated rings. The van der Waals surface area contributed by atoms with E-state index in [1.54, 1.807) is 0 Å². The largest absolute Gasteiger partial charge is 0.490 e. The Balaban J connectivity index is 1.98. The van der Waals surface area contributed by atoms with E-state index in [0.717, 1.165) is 48.1 Å². The highest BCUT2D eigenvalue weighted by molar-refractivity contribution is 9.09. The molecular weight excluding hydrogens is 372 g/mol. The van der Waals surface area contributed by atoms with E-state index in [1.807, 2.05) is 0 Å². The summed E-state index contributed by atoms with van der Waals surface area (Å²) in [5, 5.41) is 2.33. The topological polar surface area (TPSA) is 18.5 Å². The monoisotopic (exact) mass is 398 g/mol. The predicted octanol–water partition coefficient (Wildman–Crippen LogP) is 6.08. The van der Waals surface area contributed by atoms with Crippen molar-refractivity contribution in [2.75, 3.05) is 18.5 Å². The van der Waals surface area contributed by atoms with Gasteiger partial charge in [0.05, 0.1) is 13.2 Å². The lowest BCUT2D eigenvalue weighted by Crippen LogP contribution is -2.20. The van der Waals surface area contributed by atoms with Gasteiger partial charge in [-0.3, -0.25) is 0 Å². The van der Waals surface area contributed by atoms with Crippen LogP contribution in [-0.2, 0) is 0 Å². The normalized spacial score (nSPS) is 25.8. The molecule has 3 unspecified atom stereocenters. The van der Waals surface area contributed by atoms with Crippen LogP contribution in [0, 0.1) is 0 Å². The van der Waals surface area contributed by atoms with Crippen LogP contribution < -0.4 is 9.47 Å². The Morgan fingerprint density at radius 1 is 1.04 bits per heavy atom. The average molecular weight is 399 g/mol. The van der Waals surface area contributed by atoms with Crippen LogP contribution in [0.3, 0.4) is 0 Å².